The van der Waals surface area contributed by atoms with Crippen LogP contribution in [0.2, 0.25) is 0 Å². The first-order chi connectivity index (χ1) is 15.6. The summed E-state index contributed by atoms with van der Waals surface area (Å²) in [5.41, 5.74) is -0.584. The standard InChI is InChI=1S/C28H37FO3/c1-3-5-6-17-31-24-16-15-23-18-25(32-28(30)26(23)27(24)29)22-13-11-21(12-14-22)20-9-7-19(4-2)8-10-20/h4,15-16,18-22H,2-3,5-14,17H2,1H3. The molecule has 3 nitrogen and oxygen atoms in total. The first-order valence-corrected chi connectivity index (χ1v) is 12.6. The Balaban J connectivity index is 1.42. The SMILES string of the molecule is C=CC1CCC(C2CCC(c3cc4ccc(OCCCCC)c(F)c4c(=O)o3)CC2)CC1. The second-order valence-electron chi connectivity index (χ2n) is 9.86. The molecule has 174 valence electrons. The Morgan fingerprint density at radius 1 is 1.06 bits per heavy atom. The molecule has 2 saturated carbocycles. The van der Waals surface area contributed by atoms with Gasteiger partial charge >= 0.3 is 5.63 Å². The summed E-state index contributed by atoms with van der Waals surface area (Å²) in [5.74, 6) is 2.83. The number of hydrogen-bond acceptors (Lipinski definition) is 3. The molecule has 0 N–H and O–H groups in total. The number of halogens is 1. The number of ether oxygens (including phenoxy) is 1. The molecule has 2 aromatic rings. The molecule has 0 radical (unpaired) electrons. The van der Waals surface area contributed by atoms with Crippen molar-refractivity contribution in [1.29, 1.82) is 0 Å². The van der Waals surface area contributed by atoms with Crippen LogP contribution >= 0.6 is 0 Å². The van der Waals surface area contributed by atoms with Crippen molar-refractivity contribution in [2.45, 2.75) is 83.5 Å². The summed E-state index contributed by atoms with van der Waals surface area (Å²) in [6.45, 7) is 6.53. The minimum atomic E-state index is -0.599. The van der Waals surface area contributed by atoms with E-state index in [-0.39, 0.29) is 17.1 Å². The number of fused-ring (bicyclic) bond motifs is 1. The van der Waals surface area contributed by atoms with Gasteiger partial charge in [-0.25, -0.2) is 9.18 Å². The van der Waals surface area contributed by atoms with Crippen molar-refractivity contribution in [3.8, 4) is 5.75 Å². The highest BCUT2D eigenvalue weighted by Crippen LogP contribution is 2.44. The van der Waals surface area contributed by atoms with E-state index >= 15 is 0 Å². The lowest BCUT2D eigenvalue weighted by Crippen LogP contribution is -2.25. The summed E-state index contributed by atoms with van der Waals surface area (Å²) in [6, 6.07) is 5.31. The van der Waals surface area contributed by atoms with E-state index in [1.807, 2.05) is 6.07 Å². The maximum Gasteiger partial charge on any atom is 0.346 e. The van der Waals surface area contributed by atoms with E-state index in [2.05, 4.69) is 19.6 Å². The van der Waals surface area contributed by atoms with Gasteiger partial charge in [-0.2, -0.15) is 0 Å². The predicted molar refractivity (Wildman–Crippen MR) is 128 cm³/mol. The maximum atomic E-state index is 14.9. The van der Waals surface area contributed by atoms with Crippen molar-refractivity contribution < 1.29 is 13.5 Å². The maximum absolute atomic E-state index is 14.9. The fourth-order valence-corrected chi connectivity index (χ4v) is 5.81. The highest BCUT2D eigenvalue weighted by atomic mass is 19.1. The van der Waals surface area contributed by atoms with Crippen LogP contribution in [0.1, 0.15) is 89.2 Å². The summed E-state index contributed by atoms with van der Waals surface area (Å²) in [5, 5.41) is 0.619. The molecule has 0 spiro atoms. The number of allylic oxidation sites excluding steroid dienone is 1. The van der Waals surface area contributed by atoms with Gasteiger partial charge in [-0.3, -0.25) is 0 Å². The summed E-state index contributed by atoms with van der Waals surface area (Å²) in [6.07, 6.45) is 14.8. The van der Waals surface area contributed by atoms with E-state index in [9.17, 15) is 9.18 Å². The molecule has 0 unspecified atom stereocenters. The molecule has 0 amide bonds. The molecule has 0 atom stereocenters. The monoisotopic (exact) mass is 440 g/mol. The zero-order valence-corrected chi connectivity index (χ0v) is 19.4. The van der Waals surface area contributed by atoms with Gasteiger partial charge in [0.25, 0.3) is 0 Å². The third-order valence-electron chi connectivity index (χ3n) is 7.85. The van der Waals surface area contributed by atoms with Crippen molar-refractivity contribution in [2.24, 2.45) is 17.8 Å². The van der Waals surface area contributed by atoms with Gasteiger partial charge in [0.2, 0.25) is 0 Å². The summed E-state index contributed by atoms with van der Waals surface area (Å²) in [4.78, 5) is 12.7. The molecule has 1 heterocycles. The van der Waals surface area contributed by atoms with Crippen molar-refractivity contribution in [3.63, 3.8) is 0 Å². The Hall–Kier alpha value is -2.10. The lowest BCUT2D eigenvalue weighted by atomic mass is 9.69. The lowest BCUT2D eigenvalue weighted by molar-refractivity contribution is 0.166. The molecule has 1 aromatic carbocycles. The van der Waals surface area contributed by atoms with Crippen LogP contribution in [-0.4, -0.2) is 6.61 Å². The Bertz CT molecular complexity index is 963. The molecule has 0 saturated heterocycles. The van der Waals surface area contributed by atoms with E-state index in [1.165, 1.54) is 38.5 Å². The van der Waals surface area contributed by atoms with Crippen LogP contribution in [-0.2, 0) is 0 Å². The van der Waals surface area contributed by atoms with Gasteiger partial charge in [0, 0.05) is 5.92 Å². The zero-order chi connectivity index (χ0) is 22.5. The number of rotatable bonds is 8. The second kappa shape index (κ2) is 10.7. The summed E-state index contributed by atoms with van der Waals surface area (Å²) in [7, 11) is 0. The molecule has 2 aliphatic carbocycles. The lowest BCUT2D eigenvalue weighted by Gasteiger charge is -2.37. The molecule has 0 aliphatic heterocycles. The third kappa shape index (κ3) is 5.10. The fraction of sp³-hybridized carbons (Fsp3) is 0.607. The van der Waals surface area contributed by atoms with Gasteiger partial charge in [0.1, 0.15) is 11.1 Å². The predicted octanol–water partition coefficient (Wildman–Crippen LogP) is 7.77. The first-order valence-electron chi connectivity index (χ1n) is 12.6. The molecular formula is C28H37FO3. The van der Waals surface area contributed by atoms with Crippen molar-refractivity contribution in [3.05, 3.63) is 52.9 Å². The topological polar surface area (TPSA) is 39.4 Å². The normalized spacial score (nSPS) is 26.2. The summed E-state index contributed by atoms with van der Waals surface area (Å²) < 4.78 is 26.2. The molecule has 32 heavy (non-hydrogen) atoms. The van der Waals surface area contributed by atoms with Gasteiger partial charge in [-0.15, -0.1) is 6.58 Å². The Labute approximate surface area is 191 Å². The van der Waals surface area contributed by atoms with Crippen molar-refractivity contribution >= 4 is 10.8 Å². The van der Waals surface area contributed by atoms with E-state index in [1.54, 1.807) is 12.1 Å². The van der Waals surface area contributed by atoms with Crippen molar-refractivity contribution in [2.75, 3.05) is 6.61 Å². The van der Waals surface area contributed by atoms with E-state index in [0.717, 1.165) is 43.9 Å². The molecule has 4 rings (SSSR count). The highest BCUT2D eigenvalue weighted by Gasteiger charge is 2.31. The van der Waals surface area contributed by atoms with E-state index in [0.29, 0.717) is 23.7 Å². The molecule has 4 heteroatoms. The smallest absolute Gasteiger partial charge is 0.346 e. The number of hydrogen-bond donors (Lipinski definition) is 0. The molecule has 1 aromatic heterocycles. The fourth-order valence-electron chi connectivity index (χ4n) is 5.81. The number of benzene rings is 1. The molecular weight excluding hydrogens is 403 g/mol. The minimum absolute atomic E-state index is 0.00871. The largest absolute Gasteiger partial charge is 0.490 e. The van der Waals surface area contributed by atoms with Crippen molar-refractivity contribution in [1.82, 2.24) is 0 Å². The van der Waals surface area contributed by atoms with Crippen LogP contribution in [0.15, 0.2) is 40.1 Å². The van der Waals surface area contributed by atoms with Crippen LogP contribution in [0.25, 0.3) is 10.8 Å². The van der Waals surface area contributed by atoms with Crippen LogP contribution in [0.3, 0.4) is 0 Å². The minimum Gasteiger partial charge on any atom is -0.490 e. The average molecular weight is 441 g/mol. The van der Waals surface area contributed by atoms with E-state index < -0.39 is 11.4 Å². The van der Waals surface area contributed by atoms with Crippen LogP contribution in [0.5, 0.6) is 5.75 Å². The van der Waals surface area contributed by atoms with E-state index in [4.69, 9.17) is 9.15 Å². The van der Waals surface area contributed by atoms with Gasteiger partial charge < -0.3 is 9.15 Å². The average Bonchev–Trinajstić information content (AvgIpc) is 2.83. The van der Waals surface area contributed by atoms with Gasteiger partial charge in [0.05, 0.1) is 6.61 Å². The van der Waals surface area contributed by atoms with Crippen LogP contribution in [0.4, 0.5) is 4.39 Å². The third-order valence-corrected chi connectivity index (χ3v) is 7.85. The Morgan fingerprint density at radius 3 is 2.41 bits per heavy atom. The Kier molecular flexibility index (Phi) is 7.70. The quantitative estimate of drug-likeness (QED) is 0.311. The zero-order valence-electron chi connectivity index (χ0n) is 19.4. The van der Waals surface area contributed by atoms with Gasteiger partial charge in [0.15, 0.2) is 11.6 Å². The molecule has 2 fully saturated rings. The van der Waals surface area contributed by atoms with Gasteiger partial charge in [-0.1, -0.05) is 31.9 Å². The highest BCUT2D eigenvalue weighted by molar-refractivity contribution is 5.83. The number of unbranched alkanes of at least 4 members (excludes halogenated alkanes) is 2. The van der Waals surface area contributed by atoms with Crippen LogP contribution < -0.4 is 10.4 Å². The van der Waals surface area contributed by atoms with Crippen LogP contribution in [0, 0.1) is 23.6 Å². The van der Waals surface area contributed by atoms with Gasteiger partial charge in [-0.05, 0) is 93.1 Å². The first kappa shape index (κ1) is 23.1. The molecule has 2 aliphatic rings. The second-order valence-corrected chi connectivity index (χ2v) is 9.86. The Morgan fingerprint density at radius 2 is 1.75 bits per heavy atom. The summed E-state index contributed by atoms with van der Waals surface area (Å²) >= 11 is 0. The molecule has 0 bridgehead atoms.